The van der Waals surface area contributed by atoms with Crippen LogP contribution in [0, 0.1) is 0 Å². The van der Waals surface area contributed by atoms with Crippen LogP contribution in [0.1, 0.15) is 17.9 Å². The van der Waals surface area contributed by atoms with E-state index in [1.807, 2.05) is 48.5 Å². The van der Waals surface area contributed by atoms with Gasteiger partial charge in [-0.1, -0.05) is 29.4 Å². The molecule has 146 valence electrons. The number of hydrogen-bond donors (Lipinski definition) is 1. The fourth-order valence-electron chi connectivity index (χ4n) is 2.72. The molecule has 3 rings (SSSR count). The van der Waals surface area contributed by atoms with Crippen LogP contribution < -0.4 is 14.8 Å². The van der Waals surface area contributed by atoms with Gasteiger partial charge in [0.2, 0.25) is 17.6 Å². The molecular formula is C21H23N3O4. The van der Waals surface area contributed by atoms with E-state index in [1.165, 1.54) is 0 Å². The number of carbonyl (C=O) groups excluding carboxylic acids is 1. The van der Waals surface area contributed by atoms with Crippen molar-refractivity contribution < 1.29 is 18.8 Å². The number of aromatic nitrogens is 2. The van der Waals surface area contributed by atoms with E-state index in [0.717, 1.165) is 29.0 Å². The maximum absolute atomic E-state index is 12.0. The lowest BCUT2D eigenvalue weighted by atomic mass is 10.1. The number of hydrogen-bond acceptors (Lipinski definition) is 6. The minimum absolute atomic E-state index is 0.0518. The topological polar surface area (TPSA) is 86.5 Å². The van der Waals surface area contributed by atoms with Crippen LogP contribution in [0.25, 0.3) is 11.4 Å². The molecule has 7 heteroatoms. The molecule has 7 nitrogen and oxygen atoms in total. The Labute approximate surface area is 163 Å². The highest BCUT2D eigenvalue weighted by atomic mass is 16.5. The molecule has 2 aromatic carbocycles. The van der Waals surface area contributed by atoms with Gasteiger partial charge in [-0.05, 0) is 36.2 Å². The molecular weight excluding hydrogens is 358 g/mol. The molecule has 0 aliphatic heterocycles. The Morgan fingerprint density at radius 1 is 1.04 bits per heavy atom. The van der Waals surface area contributed by atoms with Crippen molar-refractivity contribution in [2.75, 3.05) is 20.8 Å². The summed E-state index contributed by atoms with van der Waals surface area (Å²) < 4.78 is 15.6. The van der Waals surface area contributed by atoms with Crippen LogP contribution in [0.4, 0.5) is 0 Å². The second-order valence-corrected chi connectivity index (χ2v) is 6.20. The van der Waals surface area contributed by atoms with Crippen LogP contribution >= 0.6 is 0 Å². The van der Waals surface area contributed by atoms with Gasteiger partial charge in [0.1, 0.15) is 11.5 Å². The molecule has 0 saturated carbocycles. The SMILES string of the molecule is COc1cccc(CCNC(=O)CCc2nc(-c3cccc(OC)c3)no2)c1. The number of amides is 1. The van der Waals surface area contributed by atoms with Crippen molar-refractivity contribution in [2.24, 2.45) is 0 Å². The number of nitrogens with zero attached hydrogens (tertiary/aromatic N) is 2. The lowest BCUT2D eigenvalue weighted by Crippen LogP contribution is -2.25. The molecule has 0 fully saturated rings. The van der Waals surface area contributed by atoms with Gasteiger partial charge in [-0.25, -0.2) is 0 Å². The van der Waals surface area contributed by atoms with E-state index in [0.29, 0.717) is 24.7 Å². The van der Waals surface area contributed by atoms with Crippen LogP contribution in [0.15, 0.2) is 53.1 Å². The molecule has 1 N–H and O–H groups in total. The van der Waals surface area contributed by atoms with Gasteiger partial charge < -0.3 is 19.3 Å². The number of ether oxygens (including phenoxy) is 2. The molecule has 1 heterocycles. The third-order valence-electron chi connectivity index (χ3n) is 4.23. The minimum atomic E-state index is -0.0518. The van der Waals surface area contributed by atoms with Crippen LogP contribution in [-0.4, -0.2) is 36.8 Å². The maximum atomic E-state index is 12.0. The molecule has 0 atom stereocenters. The molecule has 0 saturated heterocycles. The first-order valence-corrected chi connectivity index (χ1v) is 9.04. The first kappa shape index (κ1) is 19.4. The molecule has 1 aromatic heterocycles. The predicted molar refractivity (Wildman–Crippen MR) is 104 cm³/mol. The zero-order chi connectivity index (χ0) is 19.8. The van der Waals surface area contributed by atoms with Gasteiger partial charge in [0, 0.05) is 24.9 Å². The van der Waals surface area contributed by atoms with Crippen molar-refractivity contribution in [3.05, 3.63) is 60.0 Å². The largest absolute Gasteiger partial charge is 0.497 e. The monoisotopic (exact) mass is 381 g/mol. The molecule has 0 bridgehead atoms. The molecule has 0 unspecified atom stereocenters. The number of nitrogens with one attached hydrogen (secondary N) is 1. The maximum Gasteiger partial charge on any atom is 0.227 e. The van der Waals surface area contributed by atoms with Crippen molar-refractivity contribution in [3.8, 4) is 22.9 Å². The lowest BCUT2D eigenvalue weighted by Gasteiger charge is -2.06. The van der Waals surface area contributed by atoms with E-state index in [2.05, 4.69) is 15.5 Å². The van der Waals surface area contributed by atoms with E-state index >= 15 is 0 Å². The van der Waals surface area contributed by atoms with E-state index in [-0.39, 0.29) is 12.3 Å². The molecule has 0 spiro atoms. The van der Waals surface area contributed by atoms with E-state index < -0.39 is 0 Å². The zero-order valence-corrected chi connectivity index (χ0v) is 16.0. The van der Waals surface area contributed by atoms with Gasteiger partial charge in [-0.3, -0.25) is 4.79 Å². The second kappa shape index (κ2) is 9.55. The van der Waals surface area contributed by atoms with Crippen molar-refractivity contribution in [2.45, 2.75) is 19.3 Å². The molecule has 0 aliphatic carbocycles. The molecule has 28 heavy (non-hydrogen) atoms. The Morgan fingerprint density at radius 2 is 1.79 bits per heavy atom. The smallest absolute Gasteiger partial charge is 0.227 e. The Kier molecular flexibility index (Phi) is 6.62. The lowest BCUT2D eigenvalue weighted by molar-refractivity contribution is -0.121. The second-order valence-electron chi connectivity index (χ2n) is 6.20. The third-order valence-corrected chi connectivity index (χ3v) is 4.23. The van der Waals surface area contributed by atoms with Crippen LogP contribution in [0.3, 0.4) is 0 Å². The summed E-state index contributed by atoms with van der Waals surface area (Å²) in [6.45, 7) is 0.560. The molecule has 0 radical (unpaired) electrons. The average molecular weight is 381 g/mol. The summed E-state index contributed by atoms with van der Waals surface area (Å²) in [4.78, 5) is 16.4. The average Bonchev–Trinajstić information content (AvgIpc) is 3.21. The quantitative estimate of drug-likeness (QED) is 0.613. The van der Waals surface area contributed by atoms with Crippen LogP contribution in [0.5, 0.6) is 11.5 Å². The first-order valence-electron chi connectivity index (χ1n) is 9.04. The van der Waals surface area contributed by atoms with Gasteiger partial charge in [-0.15, -0.1) is 0 Å². The summed E-state index contributed by atoms with van der Waals surface area (Å²) in [6.07, 6.45) is 1.42. The molecule has 0 aliphatic rings. The van der Waals surface area contributed by atoms with Gasteiger partial charge in [-0.2, -0.15) is 4.98 Å². The summed E-state index contributed by atoms with van der Waals surface area (Å²) >= 11 is 0. The summed E-state index contributed by atoms with van der Waals surface area (Å²) in [5.41, 5.74) is 1.91. The first-order chi connectivity index (χ1) is 13.7. The van der Waals surface area contributed by atoms with Gasteiger partial charge >= 0.3 is 0 Å². The van der Waals surface area contributed by atoms with Crippen molar-refractivity contribution in [3.63, 3.8) is 0 Å². The molecule has 3 aromatic rings. The number of aryl methyl sites for hydroxylation is 1. The summed E-state index contributed by atoms with van der Waals surface area (Å²) in [6, 6.07) is 15.2. The van der Waals surface area contributed by atoms with E-state index in [9.17, 15) is 4.79 Å². The van der Waals surface area contributed by atoms with Crippen LogP contribution in [-0.2, 0) is 17.6 Å². The highest BCUT2D eigenvalue weighted by Crippen LogP contribution is 2.21. The van der Waals surface area contributed by atoms with Gasteiger partial charge in [0.25, 0.3) is 0 Å². The normalized spacial score (nSPS) is 10.5. The standard InChI is InChI=1S/C21H23N3O4/c1-26-17-7-3-5-15(13-17)11-12-22-19(25)9-10-20-23-21(24-28-20)16-6-4-8-18(14-16)27-2/h3-8,13-14H,9-12H2,1-2H3,(H,22,25). The number of carbonyl (C=O) groups is 1. The Bertz CT molecular complexity index is 923. The summed E-state index contributed by atoms with van der Waals surface area (Å²) in [5, 5.41) is 6.88. The van der Waals surface area contributed by atoms with E-state index in [4.69, 9.17) is 14.0 Å². The Balaban J connectivity index is 1.45. The van der Waals surface area contributed by atoms with Crippen molar-refractivity contribution in [1.29, 1.82) is 0 Å². The number of benzene rings is 2. The number of methoxy groups -OCH3 is 2. The zero-order valence-electron chi connectivity index (χ0n) is 16.0. The third kappa shape index (κ3) is 5.33. The summed E-state index contributed by atoms with van der Waals surface area (Å²) in [5.74, 6) is 2.39. The summed E-state index contributed by atoms with van der Waals surface area (Å²) in [7, 11) is 3.24. The Morgan fingerprint density at radius 3 is 2.57 bits per heavy atom. The molecule has 1 amide bonds. The minimum Gasteiger partial charge on any atom is -0.497 e. The van der Waals surface area contributed by atoms with Crippen LogP contribution in [0.2, 0.25) is 0 Å². The van der Waals surface area contributed by atoms with Crippen molar-refractivity contribution >= 4 is 5.91 Å². The highest BCUT2D eigenvalue weighted by Gasteiger charge is 2.11. The Hall–Kier alpha value is -3.35. The van der Waals surface area contributed by atoms with Crippen molar-refractivity contribution in [1.82, 2.24) is 15.5 Å². The fraction of sp³-hybridized carbons (Fsp3) is 0.286. The highest BCUT2D eigenvalue weighted by molar-refractivity contribution is 5.76. The van der Waals surface area contributed by atoms with Gasteiger partial charge in [0.05, 0.1) is 14.2 Å². The predicted octanol–water partition coefficient (Wildman–Crippen LogP) is 3.05. The number of rotatable bonds is 9. The van der Waals surface area contributed by atoms with E-state index in [1.54, 1.807) is 14.2 Å². The fourth-order valence-corrected chi connectivity index (χ4v) is 2.72. The van der Waals surface area contributed by atoms with Gasteiger partial charge in [0.15, 0.2) is 0 Å².